The maximum absolute atomic E-state index is 11.9. The molecule has 1 aromatic heterocycles. The Balaban J connectivity index is 1.93. The van der Waals surface area contributed by atoms with E-state index in [1.165, 1.54) is 0 Å². The van der Waals surface area contributed by atoms with Gasteiger partial charge in [0.2, 0.25) is 5.91 Å². The number of nitrogens with one attached hydrogen (secondary N) is 1. The van der Waals surface area contributed by atoms with Crippen molar-refractivity contribution in [2.75, 3.05) is 14.2 Å². The fourth-order valence-electron chi connectivity index (χ4n) is 1.92. The quantitative estimate of drug-likeness (QED) is 0.890. The van der Waals surface area contributed by atoms with Gasteiger partial charge in [-0.1, -0.05) is 6.07 Å². The Bertz CT molecular complexity index is 625. The number of hydrogen-bond donors (Lipinski definition) is 1. The number of carbonyl (C=O) groups is 1. The summed E-state index contributed by atoms with van der Waals surface area (Å²) >= 11 is 1.58. The van der Waals surface area contributed by atoms with Crippen LogP contribution in [0.5, 0.6) is 11.5 Å². The first-order valence-electron chi connectivity index (χ1n) is 6.51. The summed E-state index contributed by atoms with van der Waals surface area (Å²) in [6, 6.07) is 5.46. The third kappa shape index (κ3) is 4.19. The molecule has 0 saturated heterocycles. The Labute approximate surface area is 127 Å². The average Bonchev–Trinajstić information content (AvgIpc) is 2.90. The van der Waals surface area contributed by atoms with E-state index in [-0.39, 0.29) is 5.91 Å². The molecule has 2 rings (SSSR count). The second-order valence-electron chi connectivity index (χ2n) is 4.50. The highest BCUT2D eigenvalue weighted by molar-refractivity contribution is 7.09. The summed E-state index contributed by atoms with van der Waals surface area (Å²) in [6.45, 7) is 2.40. The third-order valence-electron chi connectivity index (χ3n) is 2.95. The number of thiazole rings is 1. The van der Waals surface area contributed by atoms with Crippen molar-refractivity contribution in [1.82, 2.24) is 10.3 Å². The van der Waals surface area contributed by atoms with Crippen LogP contribution in [0.25, 0.3) is 0 Å². The van der Waals surface area contributed by atoms with Crippen LogP contribution < -0.4 is 14.8 Å². The number of amides is 1. The molecule has 0 fully saturated rings. The van der Waals surface area contributed by atoms with Gasteiger partial charge in [0.1, 0.15) is 0 Å². The lowest BCUT2D eigenvalue weighted by Gasteiger charge is -2.09. The van der Waals surface area contributed by atoms with Gasteiger partial charge in [-0.15, -0.1) is 11.3 Å². The van der Waals surface area contributed by atoms with E-state index < -0.39 is 0 Å². The number of carbonyl (C=O) groups excluding carboxylic acids is 1. The molecule has 0 atom stereocenters. The van der Waals surface area contributed by atoms with Gasteiger partial charge in [-0.3, -0.25) is 4.79 Å². The highest BCUT2D eigenvalue weighted by Crippen LogP contribution is 2.27. The molecule has 0 aliphatic carbocycles. The van der Waals surface area contributed by atoms with Crippen molar-refractivity contribution in [2.24, 2.45) is 0 Å². The Hall–Kier alpha value is -2.08. The van der Waals surface area contributed by atoms with Gasteiger partial charge in [-0.05, 0) is 24.6 Å². The molecule has 0 aliphatic heterocycles. The topological polar surface area (TPSA) is 60.5 Å². The van der Waals surface area contributed by atoms with Crippen molar-refractivity contribution >= 4 is 17.2 Å². The molecule has 0 aliphatic rings. The molecule has 0 radical (unpaired) electrons. The van der Waals surface area contributed by atoms with Crippen LogP contribution in [0.2, 0.25) is 0 Å². The van der Waals surface area contributed by atoms with Crippen LogP contribution in [0.1, 0.15) is 16.3 Å². The van der Waals surface area contributed by atoms with Crippen molar-refractivity contribution in [3.8, 4) is 11.5 Å². The lowest BCUT2D eigenvalue weighted by atomic mass is 10.1. The van der Waals surface area contributed by atoms with E-state index in [1.54, 1.807) is 31.6 Å². The van der Waals surface area contributed by atoms with E-state index in [0.29, 0.717) is 24.5 Å². The minimum Gasteiger partial charge on any atom is -0.493 e. The fraction of sp³-hybridized carbons (Fsp3) is 0.333. The largest absolute Gasteiger partial charge is 0.493 e. The van der Waals surface area contributed by atoms with Crippen molar-refractivity contribution in [3.05, 3.63) is 39.8 Å². The van der Waals surface area contributed by atoms with E-state index in [1.807, 2.05) is 24.4 Å². The lowest BCUT2D eigenvalue weighted by Crippen LogP contribution is -2.24. The van der Waals surface area contributed by atoms with Crippen molar-refractivity contribution in [2.45, 2.75) is 19.9 Å². The van der Waals surface area contributed by atoms with Gasteiger partial charge < -0.3 is 14.8 Å². The van der Waals surface area contributed by atoms with Crippen LogP contribution >= 0.6 is 11.3 Å². The summed E-state index contributed by atoms with van der Waals surface area (Å²) in [5.74, 6) is 1.23. The molecule has 6 heteroatoms. The zero-order valence-corrected chi connectivity index (χ0v) is 13.1. The smallest absolute Gasteiger partial charge is 0.224 e. The molecule has 0 bridgehead atoms. The highest BCUT2D eigenvalue weighted by Gasteiger charge is 2.08. The molecule has 1 aromatic carbocycles. The van der Waals surface area contributed by atoms with Gasteiger partial charge in [0.25, 0.3) is 0 Å². The number of rotatable bonds is 6. The summed E-state index contributed by atoms with van der Waals surface area (Å²) in [7, 11) is 3.16. The molecule has 5 nitrogen and oxygen atoms in total. The molecule has 0 saturated carbocycles. The first-order chi connectivity index (χ1) is 10.1. The minimum absolute atomic E-state index is 0.0483. The van der Waals surface area contributed by atoms with Crippen LogP contribution in [0, 0.1) is 6.92 Å². The van der Waals surface area contributed by atoms with Gasteiger partial charge in [0, 0.05) is 5.38 Å². The predicted octanol–water partition coefficient (Wildman–Crippen LogP) is 2.33. The molecule has 2 aromatic rings. The molecular formula is C15H18N2O3S. The van der Waals surface area contributed by atoms with Gasteiger partial charge in [0.05, 0.1) is 37.9 Å². The standard InChI is InChI=1S/C15H18N2O3S/c1-10-17-12(9-21-10)8-16-15(18)7-11-4-5-13(19-2)14(6-11)20-3/h4-6,9H,7-8H2,1-3H3,(H,16,18). The maximum Gasteiger partial charge on any atom is 0.224 e. The van der Waals surface area contributed by atoms with Gasteiger partial charge in [-0.25, -0.2) is 4.98 Å². The molecule has 0 unspecified atom stereocenters. The first-order valence-corrected chi connectivity index (χ1v) is 7.39. The van der Waals surface area contributed by atoms with Crippen LogP contribution in [-0.4, -0.2) is 25.1 Å². The van der Waals surface area contributed by atoms with Gasteiger partial charge >= 0.3 is 0 Å². The van der Waals surface area contributed by atoms with Crippen molar-refractivity contribution in [3.63, 3.8) is 0 Å². The number of aromatic nitrogens is 1. The summed E-state index contributed by atoms with van der Waals surface area (Å²) in [6.07, 6.45) is 0.295. The average molecular weight is 306 g/mol. The first kappa shape index (κ1) is 15.3. The van der Waals surface area contributed by atoms with Gasteiger partial charge in [-0.2, -0.15) is 0 Å². The van der Waals surface area contributed by atoms with E-state index in [0.717, 1.165) is 16.3 Å². The zero-order chi connectivity index (χ0) is 15.2. The summed E-state index contributed by atoms with van der Waals surface area (Å²) in [5.41, 5.74) is 1.76. The van der Waals surface area contributed by atoms with Crippen LogP contribution in [0.15, 0.2) is 23.6 Å². The van der Waals surface area contributed by atoms with Gasteiger partial charge in [0.15, 0.2) is 11.5 Å². The molecule has 1 heterocycles. The zero-order valence-electron chi connectivity index (χ0n) is 12.3. The number of aryl methyl sites for hydroxylation is 1. The second-order valence-corrected chi connectivity index (χ2v) is 5.56. The maximum atomic E-state index is 11.9. The molecule has 0 spiro atoms. The van der Waals surface area contributed by atoms with Crippen LogP contribution in [-0.2, 0) is 17.8 Å². The van der Waals surface area contributed by atoms with Crippen molar-refractivity contribution < 1.29 is 14.3 Å². The van der Waals surface area contributed by atoms with E-state index in [2.05, 4.69) is 10.3 Å². The van der Waals surface area contributed by atoms with E-state index >= 15 is 0 Å². The normalized spacial score (nSPS) is 10.2. The molecule has 1 amide bonds. The fourth-order valence-corrected chi connectivity index (χ4v) is 2.53. The molecule has 1 N–H and O–H groups in total. The summed E-state index contributed by atoms with van der Waals surface area (Å²) in [5, 5.41) is 5.81. The summed E-state index contributed by atoms with van der Waals surface area (Å²) < 4.78 is 10.4. The highest BCUT2D eigenvalue weighted by atomic mass is 32.1. The van der Waals surface area contributed by atoms with Crippen LogP contribution in [0.3, 0.4) is 0 Å². The predicted molar refractivity (Wildman–Crippen MR) is 81.9 cm³/mol. The monoisotopic (exact) mass is 306 g/mol. The third-order valence-corrected chi connectivity index (χ3v) is 3.77. The Kier molecular flexibility index (Phi) is 5.16. The SMILES string of the molecule is COc1ccc(CC(=O)NCc2csc(C)n2)cc1OC. The van der Waals surface area contributed by atoms with Crippen molar-refractivity contribution in [1.29, 1.82) is 0 Å². The number of benzene rings is 1. The summed E-state index contributed by atoms with van der Waals surface area (Å²) in [4.78, 5) is 16.2. The number of nitrogens with zero attached hydrogens (tertiary/aromatic N) is 1. The Morgan fingerprint density at radius 3 is 2.67 bits per heavy atom. The second kappa shape index (κ2) is 7.08. The number of methoxy groups -OCH3 is 2. The van der Waals surface area contributed by atoms with Crippen LogP contribution in [0.4, 0.5) is 0 Å². The van der Waals surface area contributed by atoms with E-state index in [4.69, 9.17) is 9.47 Å². The van der Waals surface area contributed by atoms with E-state index in [9.17, 15) is 4.79 Å². The lowest BCUT2D eigenvalue weighted by molar-refractivity contribution is -0.120. The minimum atomic E-state index is -0.0483. The number of hydrogen-bond acceptors (Lipinski definition) is 5. The molecule has 21 heavy (non-hydrogen) atoms. The number of ether oxygens (including phenoxy) is 2. The Morgan fingerprint density at radius 2 is 2.05 bits per heavy atom. The Morgan fingerprint density at radius 1 is 1.29 bits per heavy atom. The molecule has 112 valence electrons. The molecular weight excluding hydrogens is 288 g/mol.